The minimum Gasteiger partial charge on any atom is -0.445 e. The molecule has 0 radical (unpaired) electrons. The SMILES string of the molecule is CCc1oc(C2CCCNC2)nc1C(C)C. The molecule has 1 saturated heterocycles. The number of oxazole rings is 1. The van der Waals surface area contributed by atoms with E-state index in [-0.39, 0.29) is 0 Å². The van der Waals surface area contributed by atoms with Crippen molar-refractivity contribution in [1.82, 2.24) is 10.3 Å². The average Bonchev–Trinajstić information content (AvgIpc) is 2.74. The highest BCUT2D eigenvalue weighted by Crippen LogP contribution is 2.28. The monoisotopic (exact) mass is 222 g/mol. The van der Waals surface area contributed by atoms with Crippen LogP contribution in [0.15, 0.2) is 4.42 Å². The maximum atomic E-state index is 5.91. The van der Waals surface area contributed by atoms with Gasteiger partial charge in [0.1, 0.15) is 5.76 Å². The first-order chi connectivity index (χ1) is 7.72. The van der Waals surface area contributed by atoms with Crippen LogP contribution in [0.25, 0.3) is 0 Å². The van der Waals surface area contributed by atoms with Gasteiger partial charge in [-0.25, -0.2) is 4.98 Å². The molecule has 0 aliphatic carbocycles. The molecule has 1 atom stereocenters. The van der Waals surface area contributed by atoms with Crippen molar-refractivity contribution in [3.05, 3.63) is 17.3 Å². The highest BCUT2D eigenvalue weighted by atomic mass is 16.4. The summed E-state index contributed by atoms with van der Waals surface area (Å²) in [5, 5.41) is 3.41. The number of nitrogens with zero attached hydrogens (tertiary/aromatic N) is 1. The minimum atomic E-state index is 0.462. The van der Waals surface area contributed by atoms with Gasteiger partial charge >= 0.3 is 0 Å². The van der Waals surface area contributed by atoms with Crippen LogP contribution in [-0.2, 0) is 6.42 Å². The van der Waals surface area contributed by atoms with Gasteiger partial charge in [-0.2, -0.15) is 0 Å². The van der Waals surface area contributed by atoms with Gasteiger partial charge in [-0.05, 0) is 25.3 Å². The number of hydrogen-bond donors (Lipinski definition) is 1. The second-order valence-corrected chi connectivity index (χ2v) is 4.91. The Hall–Kier alpha value is -0.830. The Morgan fingerprint density at radius 1 is 1.50 bits per heavy atom. The van der Waals surface area contributed by atoms with Gasteiger partial charge in [0.25, 0.3) is 0 Å². The van der Waals surface area contributed by atoms with Crippen LogP contribution >= 0.6 is 0 Å². The van der Waals surface area contributed by atoms with Gasteiger partial charge in [0.05, 0.1) is 5.69 Å². The second kappa shape index (κ2) is 5.00. The van der Waals surface area contributed by atoms with Crippen LogP contribution in [-0.4, -0.2) is 18.1 Å². The first-order valence-electron chi connectivity index (χ1n) is 6.42. The van der Waals surface area contributed by atoms with Crippen molar-refractivity contribution >= 4 is 0 Å². The van der Waals surface area contributed by atoms with E-state index in [0.29, 0.717) is 11.8 Å². The van der Waals surface area contributed by atoms with E-state index in [1.165, 1.54) is 12.8 Å². The third kappa shape index (κ3) is 2.29. The van der Waals surface area contributed by atoms with Gasteiger partial charge in [-0.1, -0.05) is 20.8 Å². The lowest BCUT2D eigenvalue weighted by Gasteiger charge is -2.19. The first kappa shape index (κ1) is 11.6. The van der Waals surface area contributed by atoms with Gasteiger partial charge in [0.15, 0.2) is 5.89 Å². The number of rotatable bonds is 3. The normalized spacial score (nSPS) is 21.6. The Balaban J connectivity index is 2.20. The zero-order valence-corrected chi connectivity index (χ0v) is 10.5. The Bertz CT molecular complexity index is 338. The van der Waals surface area contributed by atoms with E-state index in [1.807, 2.05) is 0 Å². The molecule has 0 spiro atoms. The van der Waals surface area contributed by atoms with Gasteiger partial charge in [-0.3, -0.25) is 0 Å². The molecular formula is C13H22N2O. The molecule has 1 aromatic rings. The van der Waals surface area contributed by atoms with E-state index in [1.54, 1.807) is 0 Å². The molecule has 0 amide bonds. The third-order valence-corrected chi connectivity index (χ3v) is 3.26. The fraction of sp³-hybridized carbons (Fsp3) is 0.769. The van der Waals surface area contributed by atoms with E-state index in [4.69, 9.17) is 9.40 Å². The molecule has 1 aliphatic heterocycles. The zero-order valence-electron chi connectivity index (χ0n) is 10.5. The van der Waals surface area contributed by atoms with Crippen molar-refractivity contribution in [2.75, 3.05) is 13.1 Å². The first-order valence-corrected chi connectivity index (χ1v) is 6.42. The number of hydrogen-bond acceptors (Lipinski definition) is 3. The topological polar surface area (TPSA) is 38.1 Å². The lowest BCUT2D eigenvalue weighted by molar-refractivity contribution is 0.364. The molecule has 90 valence electrons. The largest absolute Gasteiger partial charge is 0.445 e. The molecule has 3 heteroatoms. The van der Waals surface area contributed by atoms with E-state index in [2.05, 4.69) is 26.1 Å². The molecule has 1 unspecified atom stereocenters. The lowest BCUT2D eigenvalue weighted by atomic mass is 10.00. The van der Waals surface area contributed by atoms with E-state index >= 15 is 0 Å². The Labute approximate surface area is 97.6 Å². The number of piperidine rings is 1. The van der Waals surface area contributed by atoms with Crippen LogP contribution in [0.4, 0.5) is 0 Å². The summed E-state index contributed by atoms with van der Waals surface area (Å²) in [6.45, 7) is 8.64. The van der Waals surface area contributed by atoms with Gasteiger partial charge in [-0.15, -0.1) is 0 Å². The third-order valence-electron chi connectivity index (χ3n) is 3.26. The molecule has 1 N–H and O–H groups in total. The number of aromatic nitrogens is 1. The fourth-order valence-corrected chi connectivity index (χ4v) is 2.32. The number of aryl methyl sites for hydroxylation is 1. The zero-order chi connectivity index (χ0) is 11.5. The smallest absolute Gasteiger partial charge is 0.199 e. The average molecular weight is 222 g/mol. The van der Waals surface area contributed by atoms with Crippen molar-refractivity contribution in [1.29, 1.82) is 0 Å². The predicted molar refractivity (Wildman–Crippen MR) is 64.8 cm³/mol. The van der Waals surface area contributed by atoms with Crippen LogP contribution in [0.5, 0.6) is 0 Å². The van der Waals surface area contributed by atoms with E-state index in [0.717, 1.165) is 36.9 Å². The standard InChI is InChI=1S/C13H22N2O/c1-4-11-12(9(2)3)15-13(16-11)10-6-5-7-14-8-10/h9-10,14H,4-8H2,1-3H3. The molecule has 0 aromatic carbocycles. The molecule has 1 fully saturated rings. The summed E-state index contributed by atoms with van der Waals surface area (Å²) in [6, 6.07) is 0. The summed E-state index contributed by atoms with van der Waals surface area (Å²) in [4.78, 5) is 4.70. The summed E-state index contributed by atoms with van der Waals surface area (Å²) in [6.07, 6.45) is 3.38. The quantitative estimate of drug-likeness (QED) is 0.854. The fourth-order valence-electron chi connectivity index (χ4n) is 2.32. The molecule has 0 bridgehead atoms. The van der Waals surface area contributed by atoms with Crippen molar-refractivity contribution in [3.8, 4) is 0 Å². The maximum absolute atomic E-state index is 5.91. The molecule has 1 aromatic heterocycles. The molecule has 2 rings (SSSR count). The summed E-state index contributed by atoms with van der Waals surface area (Å²) >= 11 is 0. The number of nitrogens with one attached hydrogen (secondary N) is 1. The molecule has 3 nitrogen and oxygen atoms in total. The van der Waals surface area contributed by atoms with Crippen molar-refractivity contribution < 1.29 is 4.42 Å². The van der Waals surface area contributed by atoms with Crippen LogP contribution < -0.4 is 5.32 Å². The lowest BCUT2D eigenvalue weighted by Crippen LogP contribution is -2.28. The van der Waals surface area contributed by atoms with Crippen LogP contribution in [0.3, 0.4) is 0 Å². The van der Waals surface area contributed by atoms with Gasteiger partial charge in [0.2, 0.25) is 0 Å². The minimum absolute atomic E-state index is 0.462. The van der Waals surface area contributed by atoms with E-state index < -0.39 is 0 Å². The second-order valence-electron chi connectivity index (χ2n) is 4.91. The summed E-state index contributed by atoms with van der Waals surface area (Å²) in [7, 11) is 0. The van der Waals surface area contributed by atoms with Gasteiger partial charge in [0, 0.05) is 18.9 Å². The molecule has 2 heterocycles. The molecule has 0 saturated carbocycles. The summed E-state index contributed by atoms with van der Waals surface area (Å²) in [5.41, 5.74) is 1.16. The van der Waals surface area contributed by atoms with Crippen LogP contribution in [0, 0.1) is 0 Å². The van der Waals surface area contributed by atoms with Crippen molar-refractivity contribution in [2.24, 2.45) is 0 Å². The van der Waals surface area contributed by atoms with Crippen LogP contribution in [0.2, 0.25) is 0 Å². The predicted octanol–water partition coefficient (Wildman–Crippen LogP) is 2.83. The molecular weight excluding hydrogens is 200 g/mol. The van der Waals surface area contributed by atoms with Crippen molar-refractivity contribution in [2.45, 2.75) is 51.9 Å². The van der Waals surface area contributed by atoms with Gasteiger partial charge < -0.3 is 9.73 Å². The Morgan fingerprint density at radius 3 is 2.81 bits per heavy atom. The molecule has 1 aliphatic rings. The Kier molecular flexibility index (Phi) is 3.64. The summed E-state index contributed by atoms with van der Waals surface area (Å²) < 4.78 is 5.91. The summed E-state index contributed by atoms with van der Waals surface area (Å²) in [5.74, 6) is 2.97. The molecule has 16 heavy (non-hydrogen) atoms. The maximum Gasteiger partial charge on any atom is 0.199 e. The highest BCUT2D eigenvalue weighted by molar-refractivity contribution is 5.15. The Morgan fingerprint density at radius 2 is 2.31 bits per heavy atom. The van der Waals surface area contributed by atoms with Crippen molar-refractivity contribution in [3.63, 3.8) is 0 Å². The van der Waals surface area contributed by atoms with E-state index in [9.17, 15) is 0 Å². The highest BCUT2D eigenvalue weighted by Gasteiger charge is 2.23. The van der Waals surface area contributed by atoms with Crippen LogP contribution in [0.1, 0.15) is 62.8 Å².